The largest absolute Gasteiger partial charge is 0.447 e. The van der Waals surface area contributed by atoms with Crippen molar-refractivity contribution in [2.24, 2.45) is 0 Å². The molecule has 0 atom stereocenters. The number of nitrogens with zero attached hydrogens (tertiary/aromatic N) is 1. The number of aromatic nitrogens is 1. The summed E-state index contributed by atoms with van der Waals surface area (Å²) in [6.45, 7) is 0. The molecule has 1 aliphatic rings. The van der Waals surface area contributed by atoms with Gasteiger partial charge in [-0.1, -0.05) is 6.07 Å². The molecule has 2 nitrogen and oxygen atoms in total. The highest BCUT2D eigenvalue weighted by Crippen LogP contribution is 2.49. The standard InChI is InChI=1S/C9H5NO/c1-2-6-3-4-7-9(11-7)8(6)10-5-1/h1-5H. The Bertz CT molecular complexity index is 437. The Hall–Kier alpha value is -1.57. The fourth-order valence-electron chi connectivity index (χ4n) is 1.27. The topological polar surface area (TPSA) is 25.4 Å². The molecular formula is C9H5NO. The number of benzene rings is 1. The molecule has 3 rings (SSSR count). The van der Waals surface area contributed by atoms with E-state index in [4.69, 9.17) is 4.74 Å². The van der Waals surface area contributed by atoms with Gasteiger partial charge < -0.3 is 4.74 Å². The predicted molar refractivity (Wildman–Crippen MR) is 41.8 cm³/mol. The molecule has 1 aliphatic heterocycles. The molecule has 0 aliphatic carbocycles. The highest BCUT2D eigenvalue weighted by Gasteiger charge is 2.23. The number of hydrogen-bond donors (Lipinski definition) is 0. The molecule has 0 N–H and O–H groups in total. The third-order valence-corrected chi connectivity index (χ3v) is 1.86. The second kappa shape index (κ2) is 1.53. The summed E-state index contributed by atoms with van der Waals surface area (Å²) >= 11 is 0. The minimum Gasteiger partial charge on any atom is -0.447 e. The third kappa shape index (κ3) is 0.584. The molecule has 0 amide bonds. The summed E-state index contributed by atoms with van der Waals surface area (Å²) in [5.41, 5.74) is 0.977. The zero-order valence-electron chi connectivity index (χ0n) is 5.74. The average Bonchev–Trinajstić information content (AvgIpc) is 2.83. The van der Waals surface area contributed by atoms with Gasteiger partial charge in [-0.05, 0) is 18.2 Å². The monoisotopic (exact) mass is 143 g/mol. The number of hydrogen-bond acceptors (Lipinski definition) is 2. The van der Waals surface area contributed by atoms with Gasteiger partial charge in [-0.3, -0.25) is 4.98 Å². The van der Waals surface area contributed by atoms with E-state index in [2.05, 4.69) is 4.98 Å². The summed E-state index contributed by atoms with van der Waals surface area (Å²) in [4.78, 5) is 4.21. The van der Waals surface area contributed by atoms with Crippen molar-refractivity contribution in [2.75, 3.05) is 0 Å². The van der Waals surface area contributed by atoms with E-state index in [0.29, 0.717) is 0 Å². The molecule has 2 heterocycles. The van der Waals surface area contributed by atoms with E-state index in [0.717, 1.165) is 22.4 Å². The Labute approximate surface area is 63.4 Å². The maximum Gasteiger partial charge on any atom is 0.196 e. The summed E-state index contributed by atoms with van der Waals surface area (Å²) in [6.07, 6.45) is 1.78. The van der Waals surface area contributed by atoms with E-state index in [-0.39, 0.29) is 0 Å². The first-order valence-electron chi connectivity index (χ1n) is 3.51. The molecule has 0 saturated heterocycles. The van der Waals surface area contributed by atoms with E-state index >= 15 is 0 Å². The van der Waals surface area contributed by atoms with Gasteiger partial charge in [-0.2, -0.15) is 0 Å². The van der Waals surface area contributed by atoms with Crippen LogP contribution in [-0.4, -0.2) is 4.98 Å². The maximum atomic E-state index is 5.19. The second-order valence-corrected chi connectivity index (χ2v) is 2.57. The minimum atomic E-state index is 0.947. The summed E-state index contributed by atoms with van der Waals surface area (Å²) < 4.78 is 5.19. The SMILES string of the molecule is c1cnc2c3c(ccc2c1)O3. The van der Waals surface area contributed by atoms with Crippen LogP contribution in [0.25, 0.3) is 10.9 Å². The maximum absolute atomic E-state index is 5.19. The lowest BCUT2D eigenvalue weighted by molar-refractivity contribution is 0.652. The first-order valence-corrected chi connectivity index (χ1v) is 3.51. The van der Waals surface area contributed by atoms with E-state index in [1.807, 2.05) is 24.3 Å². The zero-order chi connectivity index (χ0) is 7.26. The Balaban J connectivity index is 2.56. The van der Waals surface area contributed by atoms with Crippen molar-refractivity contribution in [1.29, 1.82) is 0 Å². The summed E-state index contributed by atoms with van der Waals surface area (Å²) in [5, 5.41) is 1.14. The van der Waals surface area contributed by atoms with Crippen LogP contribution < -0.4 is 4.74 Å². The van der Waals surface area contributed by atoms with Crippen molar-refractivity contribution in [2.45, 2.75) is 0 Å². The van der Waals surface area contributed by atoms with Crippen LogP contribution in [0.2, 0.25) is 0 Å². The summed E-state index contributed by atoms with van der Waals surface area (Å²) in [7, 11) is 0. The molecule has 1 aromatic heterocycles. The van der Waals surface area contributed by atoms with Gasteiger partial charge in [0.05, 0.1) is 0 Å². The molecule has 2 aromatic rings. The lowest BCUT2D eigenvalue weighted by Gasteiger charge is -1.88. The third-order valence-electron chi connectivity index (χ3n) is 1.86. The van der Waals surface area contributed by atoms with Crippen LogP contribution >= 0.6 is 0 Å². The van der Waals surface area contributed by atoms with Crippen molar-refractivity contribution in [3.63, 3.8) is 0 Å². The van der Waals surface area contributed by atoms with Gasteiger partial charge >= 0.3 is 0 Å². The van der Waals surface area contributed by atoms with E-state index in [9.17, 15) is 0 Å². The molecule has 0 radical (unpaired) electrons. The van der Waals surface area contributed by atoms with Crippen LogP contribution in [0.5, 0.6) is 11.5 Å². The number of ether oxygens (including phenoxy) is 1. The molecule has 11 heavy (non-hydrogen) atoms. The van der Waals surface area contributed by atoms with Gasteiger partial charge in [0.2, 0.25) is 0 Å². The number of rotatable bonds is 0. The second-order valence-electron chi connectivity index (χ2n) is 2.57. The molecule has 0 fully saturated rings. The smallest absolute Gasteiger partial charge is 0.196 e. The van der Waals surface area contributed by atoms with Gasteiger partial charge in [0, 0.05) is 11.6 Å². The fourth-order valence-corrected chi connectivity index (χ4v) is 1.27. The van der Waals surface area contributed by atoms with Crippen LogP contribution in [0.3, 0.4) is 0 Å². The molecule has 0 bridgehead atoms. The van der Waals surface area contributed by atoms with E-state index in [1.54, 1.807) is 6.20 Å². The van der Waals surface area contributed by atoms with Crippen LogP contribution in [0, 0.1) is 0 Å². The van der Waals surface area contributed by atoms with Gasteiger partial charge in [0.1, 0.15) is 5.52 Å². The molecular weight excluding hydrogens is 138 g/mol. The summed E-state index contributed by atoms with van der Waals surface area (Å²) in [5.74, 6) is 1.92. The van der Waals surface area contributed by atoms with Crippen molar-refractivity contribution in [3.05, 3.63) is 30.5 Å². The van der Waals surface area contributed by atoms with Crippen LogP contribution in [-0.2, 0) is 0 Å². The average molecular weight is 143 g/mol. The molecule has 52 valence electrons. The zero-order valence-corrected chi connectivity index (χ0v) is 5.74. The Morgan fingerprint density at radius 3 is 3.18 bits per heavy atom. The van der Waals surface area contributed by atoms with Crippen LogP contribution in [0.4, 0.5) is 0 Å². The quantitative estimate of drug-likeness (QED) is 0.451. The normalized spacial score (nSPS) is 12.4. The van der Waals surface area contributed by atoms with Gasteiger partial charge in [0.25, 0.3) is 0 Å². The van der Waals surface area contributed by atoms with Crippen LogP contribution in [0.1, 0.15) is 0 Å². The molecule has 1 aromatic carbocycles. The van der Waals surface area contributed by atoms with E-state index in [1.165, 1.54) is 0 Å². The first-order chi connectivity index (χ1) is 5.45. The highest BCUT2D eigenvalue weighted by atomic mass is 16.6. The van der Waals surface area contributed by atoms with Gasteiger partial charge in [-0.25, -0.2) is 0 Å². The molecule has 0 saturated carbocycles. The number of fused-ring (bicyclic) bond motifs is 3. The van der Waals surface area contributed by atoms with Gasteiger partial charge in [0.15, 0.2) is 11.5 Å². The van der Waals surface area contributed by atoms with Crippen molar-refractivity contribution in [3.8, 4) is 11.5 Å². The summed E-state index contributed by atoms with van der Waals surface area (Å²) in [6, 6.07) is 7.95. The van der Waals surface area contributed by atoms with Crippen molar-refractivity contribution < 1.29 is 4.74 Å². The molecule has 0 spiro atoms. The van der Waals surface area contributed by atoms with Crippen LogP contribution in [0.15, 0.2) is 30.5 Å². The fraction of sp³-hybridized carbons (Fsp3) is 0. The van der Waals surface area contributed by atoms with Crippen molar-refractivity contribution in [1.82, 2.24) is 4.98 Å². The van der Waals surface area contributed by atoms with Crippen molar-refractivity contribution >= 4 is 10.9 Å². The lowest BCUT2D eigenvalue weighted by atomic mass is 10.2. The Kier molecular flexibility index (Phi) is 0.714. The highest BCUT2D eigenvalue weighted by molar-refractivity contribution is 5.91. The first kappa shape index (κ1) is 5.13. The predicted octanol–water partition coefficient (Wildman–Crippen LogP) is 2.34. The molecule has 2 heteroatoms. The number of pyridine rings is 1. The Morgan fingerprint density at radius 2 is 2.18 bits per heavy atom. The van der Waals surface area contributed by atoms with E-state index < -0.39 is 0 Å². The molecule has 0 unspecified atom stereocenters. The Morgan fingerprint density at radius 1 is 1.18 bits per heavy atom. The van der Waals surface area contributed by atoms with Gasteiger partial charge in [-0.15, -0.1) is 0 Å². The lowest BCUT2D eigenvalue weighted by Crippen LogP contribution is -1.70. The minimum absolute atomic E-state index is 0.947.